The standard InChI is InChI=1S/C15H22ClNO3S/c1-11(10-21(2,19)20)17(14-6-7-14)9-15(18)12-4-3-5-13(16)8-12/h3-5,8,11,14-15,18H,6-7,9-10H2,1-2H3. The summed E-state index contributed by atoms with van der Waals surface area (Å²) in [6.07, 6.45) is 2.72. The fourth-order valence-electron chi connectivity index (χ4n) is 2.65. The Morgan fingerprint density at radius 3 is 2.62 bits per heavy atom. The van der Waals surface area contributed by atoms with Crippen molar-refractivity contribution < 1.29 is 13.5 Å². The molecule has 1 N–H and O–H groups in total. The van der Waals surface area contributed by atoms with Crippen LogP contribution >= 0.6 is 11.6 Å². The van der Waals surface area contributed by atoms with Gasteiger partial charge in [0.15, 0.2) is 0 Å². The predicted octanol–water partition coefficient (Wildman–Crippen LogP) is 2.27. The van der Waals surface area contributed by atoms with Gasteiger partial charge in [0.2, 0.25) is 0 Å². The maximum absolute atomic E-state index is 11.5. The minimum absolute atomic E-state index is 0.0960. The molecule has 21 heavy (non-hydrogen) atoms. The summed E-state index contributed by atoms with van der Waals surface area (Å²) in [5, 5.41) is 11.0. The van der Waals surface area contributed by atoms with Crippen molar-refractivity contribution in [2.24, 2.45) is 0 Å². The number of nitrogens with zero attached hydrogens (tertiary/aromatic N) is 1. The molecular weight excluding hydrogens is 310 g/mol. The molecular formula is C15H22ClNO3S. The van der Waals surface area contributed by atoms with Crippen molar-refractivity contribution in [1.29, 1.82) is 0 Å². The van der Waals surface area contributed by atoms with Crippen molar-refractivity contribution in [2.45, 2.75) is 38.0 Å². The highest BCUT2D eigenvalue weighted by Crippen LogP contribution is 2.31. The third kappa shape index (κ3) is 5.25. The highest BCUT2D eigenvalue weighted by atomic mass is 35.5. The van der Waals surface area contributed by atoms with Crippen LogP contribution in [0.15, 0.2) is 24.3 Å². The summed E-state index contributed by atoms with van der Waals surface area (Å²) in [7, 11) is -3.03. The Hall–Kier alpha value is -0.620. The smallest absolute Gasteiger partial charge is 0.148 e. The van der Waals surface area contributed by atoms with E-state index in [0.717, 1.165) is 18.4 Å². The van der Waals surface area contributed by atoms with Crippen LogP contribution in [0.2, 0.25) is 5.02 Å². The van der Waals surface area contributed by atoms with E-state index in [9.17, 15) is 13.5 Å². The van der Waals surface area contributed by atoms with Gasteiger partial charge in [-0.1, -0.05) is 23.7 Å². The van der Waals surface area contributed by atoms with Crippen molar-refractivity contribution in [2.75, 3.05) is 18.6 Å². The number of benzene rings is 1. The fourth-order valence-corrected chi connectivity index (χ4v) is 3.91. The fraction of sp³-hybridized carbons (Fsp3) is 0.600. The molecule has 0 spiro atoms. The van der Waals surface area contributed by atoms with Gasteiger partial charge in [-0.3, -0.25) is 4.90 Å². The Labute approximate surface area is 131 Å². The van der Waals surface area contributed by atoms with E-state index in [1.54, 1.807) is 12.1 Å². The maximum Gasteiger partial charge on any atom is 0.148 e. The topological polar surface area (TPSA) is 57.6 Å². The Kier molecular flexibility index (Phi) is 5.30. The van der Waals surface area contributed by atoms with E-state index >= 15 is 0 Å². The van der Waals surface area contributed by atoms with E-state index in [-0.39, 0.29) is 11.8 Å². The SMILES string of the molecule is CC(CS(C)(=O)=O)N(CC(O)c1cccc(Cl)c1)C1CC1. The van der Waals surface area contributed by atoms with E-state index in [4.69, 9.17) is 11.6 Å². The number of rotatable bonds is 7. The van der Waals surface area contributed by atoms with Crippen LogP contribution in [0.4, 0.5) is 0 Å². The Morgan fingerprint density at radius 2 is 2.10 bits per heavy atom. The third-order valence-corrected chi connectivity index (χ3v) is 5.07. The van der Waals surface area contributed by atoms with Crippen molar-refractivity contribution in [3.8, 4) is 0 Å². The van der Waals surface area contributed by atoms with Crippen molar-refractivity contribution in [1.82, 2.24) is 4.90 Å². The average molecular weight is 332 g/mol. The van der Waals surface area contributed by atoms with Gasteiger partial charge in [0.25, 0.3) is 0 Å². The van der Waals surface area contributed by atoms with Crippen molar-refractivity contribution >= 4 is 21.4 Å². The van der Waals surface area contributed by atoms with Gasteiger partial charge in [-0.2, -0.15) is 0 Å². The number of sulfone groups is 1. The number of hydrogen-bond donors (Lipinski definition) is 1. The Morgan fingerprint density at radius 1 is 1.43 bits per heavy atom. The minimum Gasteiger partial charge on any atom is -0.387 e. The molecule has 1 fully saturated rings. The summed E-state index contributed by atoms with van der Waals surface area (Å²) >= 11 is 5.95. The number of aliphatic hydroxyl groups is 1. The first kappa shape index (κ1) is 16.7. The van der Waals surface area contributed by atoms with Gasteiger partial charge in [0.1, 0.15) is 9.84 Å². The van der Waals surface area contributed by atoms with Crippen molar-refractivity contribution in [3.63, 3.8) is 0 Å². The molecule has 1 aromatic rings. The van der Waals surface area contributed by atoms with Gasteiger partial charge in [-0.15, -0.1) is 0 Å². The van der Waals surface area contributed by atoms with Crippen molar-refractivity contribution in [3.05, 3.63) is 34.9 Å². The van der Waals surface area contributed by atoms with Crippen LogP contribution in [0, 0.1) is 0 Å². The van der Waals surface area contributed by atoms with E-state index < -0.39 is 15.9 Å². The van der Waals surface area contributed by atoms with Gasteiger partial charge >= 0.3 is 0 Å². The molecule has 4 nitrogen and oxygen atoms in total. The quantitative estimate of drug-likeness (QED) is 0.832. The second-order valence-electron chi connectivity index (χ2n) is 5.94. The Bertz CT molecular complexity index is 586. The summed E-state index contributed by atoms with van der Waals surface area (Å²) in [4.78, 5) is 2.10. The van der Waals surface area contributed by atoms with Crippen LogP contribution in [0.1, 0.15) is 31.4 Å². The molecule has 2 atom stereocenters. The minimum atomic E-state index is -3.03. The second kappa shape index (κ2) is 6.65. The average Bonchev–Trinajstić information content (AvgIpc) is 3.17. The third-order valence-electron chi connectivity index (χ3n) is 3.74. The molecule has 0 amide bonds. The first-order valence-electron chi connectivity index (χ1n) is 7.13. The lowest BCUT2D eigenvalue weighted by atomic mass is 10.1. The lowest BCUT2D eigenvalue weighted by Gasteiger charge is -2.30. The molecule has 0 aromatic heterocycles. The van der Waals surface area contributed by atoms with Gasteiger partial charge < -0.3 is 5.11 Å². The van der Waals surface area contributed by atoms with Gasteiger partial charge in [0, 0.05) is 29.9 Å². The molecule has 0 saturated heterocycles. The molecule has 1 aromatic carbocycles. The summed E-state index contributed by atoms with van der Waals surface area (Å²) in [6, 6.07) is 7.45. The molecule has 0 bridgehead atoms. The van der Waals surface area contributed by atoms with Crippen LogP contribution in [0.25, 0.3) is 0 Å². The molecule has 6 heteroatoms. The summed E-state index contributed by atoms with van der Waals surface area (Å²) in [5.74, 6) is 0.117. The molecule has 1 saturated carbocycles. The first-order chi connectivity index (χ1) is 9.76. The van der Waals surface area contributed by atoms with Crippen LogP contribution < -0.4 is 0 Å². The lowest BCUT2D eigenvalue weighted by molar-refractivity contribution is 0.0911. The highest BCUT2D eigenvalue weighted by Gasteiger charge is 2.34. The molecule has 0 aliphatic heterocycles. The molecule has 1 aliphatic rings. The lowest BCUT2D eigenvalue weighted by Crippen LogP contribution is -2.42. The monoisotopic (exact) mass is 331 g/mol. The van der Waals surface area contributed by atoms with Gasteiger partial charge in [-0.25, -0.2) is 8.42 Å². The van der Waals surface area contributed by atoms with Crippen LogP contribution in [-0.4, -0.2) is 49.1 Å². The molecule has 118 valence electrons. The van der Waals surface area contributed by atoms with Gasteiger partial charge in [-0.05, 0) is 37.5 Å². The van der Waals surface area contributed by atoms with E-state index in [0.29, 0.717) is 17.6 Å². The summed E-state index contributed by atoms with van der Waals surface area (Å²) in [6.45, 7) is 2.34. The molecule has 0 radical (unpaired) electrons. The zero-order valence-electron chi connectivity index (χ0n) is 12.4. The van der Waals surface area contributed by atoms with E-state index in [1.807, 2.05) is 19.1 Å². The normalized spacial score (nSPS) is 18.7. The first-order valence-corrected chi connectivity index (χ1v) is 9.57. The molecule has 2 unspecified atom stereocenters. The molecule has 0 heterocycles. The summed E-state index contributed by atoms with van der Waals surface area (Å²) < 4.78 is 23.0. The van der Waals surface area contributed by atoms with Gasteiger partial charge in [0.05, 0.1) is 11.9 Å². The summed E-state index contributed by atoms with van der Waals surface area (Å²) in [5.41, 5.74) is 0.764. The largest absolute Gasteiger partial charge is 0.387 e. The van der Waals surface area contributed by atoms with E-state index in [2.05, 4.69) is 4.90 Å². The maximum atomic E-state index is 11.5. The Balaban J connectivity index is 2.06. The number of aliphatic hydroxyl groups excluding tert-OH is 1. The molecule has 2 rings (SSSR count). The number of halogens is 1. The zero-order valence-corrected chi connectivity index (χ0v) is 13.9. The second-order valence-corrected chi connectivity index (χ2v) is 8.56. The van der Waals surface area contributed by atoms with E-state index in [1.165, 1.54) is 6.26 Å². The van der Waals surface area contributed by atoms with Crippen LogP contribution in [-0.2, 0) is 9.84 Å². The number of hydrogen-bond acceptors (Lipinski definition) is 4. The zero-order chi connectivity index (χ0) is 15.6. The molecule has 1 aliphatic carbocycles. The predicted molar refractivity (Wildman–Crippen MR) is 85.3 cm³/mol. The highest BCUT2D eigenvalue weighted by molar-refractivity contribution is 7.90. The van der Waals surface area contributed by atoms with Crippen LogP contribution in [0.3, 0.4) is 0 Å². The van der Waals surface area contributed by atoms with Crippen LogP contribution in [0.5, 0.6) is 0 Å².